The van der Waals surface area contributed by atoms with Gasteiger partial charge in [-0.3, -0.25) is 10.1 Å². The number of carbonyl (C=O) groups is 1. The fourth-order valence-electron chi connectivity index (χ4n) is 5.62. The van der Waals surface area contributed by atoms with E-state index in [2.05, 4.69) is 6.07 Å². The van der Waals surface area contributed by atoms with Crippen molar-refractivity contribution in [2.75, 3.05) is 26.4 Å². The van der Waals surface area contributed by atoms with Crippen molar-refractivity contribution >= 4 is 11.7 Å². The monoisotopic (exact) mass is 712 g/mol. The molecular weight excluding hydrogens is 668 g/mol. The van der Waals surface area contributed by atoms with Gasteiger partial charge in [-0.15, -0.1) is 0 Å². The van der Waals surface area contributed by atoms with Gasteiger partial charge in [-0.1, -0.05) is 48.5 Å². The SMILES string of the molecule is N#Cc1ccc(-c2ccc(OCCCCCCOC(=O)c3ccc(-c4ccc(OCCCCCCOc5ccc([N+](=O)[O-])cc5)cc4)cc3)cc2)cc1. The summed E-state index contributed by atoms with van der Waals surface area (Å²) in [4.78, 5) is 22.9. The topological polar surface area (TPSA) is 121 Å². The molecule has 0 aliphatic carbocycles. The third-order valence-electron chi connectivity index (χ3n) is 8.67. The highest BCUT2D eigenvalue weighted by molar-refractivity contribution is 5.90. The van der Waals surface area contributed by atoms with Crippen LogP contribution in [0.15, 0.2) is 121 Å². The maximum atomic E-state index is 12.6. The number of non-ortho nitro benzene ring substituents is 1. The van der Waals surface area contributed by atoms with Gasteiger partial charge in [-0.25, -0.2) is 4.79 Å². The van der Waals surface area contributed by atoms with Crippen LogP contribution < -0.4 is 14.2 Å². The number of hydrogen-bond donors (Lipinski definition) is 0. The summed E-state index contributed by atoms with van der Waals surface area (Å²) in [5.74, 6) is 1.97. The van der Waals surface area contributed by atoms with Crippen molar-refractivity contribution in [1.29, 1.82) is 5.26 Å². The Labute approximate surface area is 310 Å². The molecule has 9 heteroatoms. The van der Waals surface area contributed by atoms with Crippen LogP contribution in [0.1, 0.15) is 67.3 Å². The first-order chi connectivity index (χ1) is 26.0. The normalized spacial score (nSPS) is 10.6. The van der Waals surface area contributed by atoms with Gasteiger partial charge in [0.25, 0.3) is 5.69 Å². The summed E-state index contributed by atoms with van der Waals surface area (Å²) in [5.41, 5.74) is 5.42. The van der Waals surface area contributed by atoms with E-state index in [0.717, 1.165) is 85.1 Å². The Kier molecular flexibility index (Phi) is 14.8. The molecule has 0 aliphatic heterocycles. The Morgan fingerprint density at radius 3 is 1.26 bits per heavy atom. The third kappa shape index (κ3) is 12.5. The molecule has 5 aromatic carbocycles. The minimum atomic E-state index is -0.423. The van der Waals surface area contributed by atoms with Gasteiger partial charge in [-0.05, 0) is 134 Å². The van der Waals surface area contributed by atoms with Gasteiger partial charge in [0.1, 0.15) is 17.2 Å². The summed E-state index contributed by atoms with van der Waals surface area (Å²) in [6.45, 7) is 2.22. The lowest BCUT2D eigenvalue weighted by Gasteiger charge is -2.09. The maximum Gasteiger partial charge on any atom is 0.338 e. The van der Waals surface area contributed by atoms with Crippen LogP contribution >= 0.6 is 0 Å². The first-order valence-electron chi connectivity index (χ1n) is 18.1. The molecule has 0 aliphatic rings. The smallest absolute Gasteiger partial charge is 0.338 e. The van der Waals surface area contributed by atoms with Crippen molar-refractivity contribution in [2.24, 2.45) is 0 Å². The average Bonchev–Trinajstić information content (AvgIpc) is 3.20. The standard InChI is InChI=1S/C44H44N2O7/c45-33-34-9-11-35(12-10-34)37-17-23-41(24-18-37)51-30-7-3-4-8-32-53-44(47)39-15-13-36(14-16-39)38-19-25-42(26-20-38)50-29-5-1-2-6-31-52-43-27-21-40(22-28-43)46(48)49/h9-28H,1-8,29-32H2. The lowest BCUT2D eigenvalue weighted by Crippen LogP contribution is -2.06. The quantitative estimate of drug-likeness (QED) is 0.0319. The van der Waals surface area contributed by atoms with Gasteiger partial charge in [0.15, 0.2) is 0 Å². The van der Waals surface area contributed by atoms with Gasteiger partial charge in [-0.2, -0.15) is 5.26 Å². The van der Waals surface area contributed by atoms with Crippen LogP contribution in [-0.2, 0) is 4.74 Å². The third-order valence-corrected chi connectivity index (χ3v) is 8.67. The van der Waals surface area contributed by atoms with Crippen molar-refractivity contribution in [2.45, 2.75) is 51.4 Å². The van der Waals surface area contributed by atoms with E-state index in [9.17, 15) is 14.9 Å². The van der Waals surface area contributed by atoms with Crippen molar-refractivity contribution in [3.05, 3.63) is 143 Å². The van der Waals surface area contributed by atoms with Crippen molar-refractivity contribution in [3.8, 4) is 45.6 Å². The second-order valence-electron chi connectivity index (χ2n) is 12.6. The first-order valence-corrected chi connectivity index (χ1v) is 18.1. The van der Waals surface area contributed by atoms with Gasteiger partial charge in [0, 0.05) is 12.1 Å². The van der Waals surface area contributed by atoms with E-state index in [1.54, 1.807) is 24.3 Å². The molecular formula is C44H44N2O7. The maximum absolute atomic E-state index is 12.6. The minimum Gasteiger partial charge on any atom is -0.494 e. The van der Waals surface area contributed by atoms with Crippen LogP contribution in [0.25, 0.3) is 22.3 Å². The number of nitriles is 1. The molecule has 0 saturated heterocycles. The number of benzene rings is 5. The molecule has 0 amide bonds. The molecule has 5 rings (SSSR count). The number of esters is 1. The van der Waals surface area contributed by atoms with E-state index in [0.29, 0.717) is 43.3 Å². The number of hydrogen-bond acceptors (Lipinski definition) is 8. The highest BCUT2D eigenvalue weighted by Crippen LogP contribution is 2.25. The van der Waals surface area contributed by atoms with Crippen molar-refractivity contribution in [3.63, 3.8) is 0 Å². The molecule has 0 heterocycles. The molecule has 0 aromatic heterocycles. The minimum absolute atomic E-state index is 0.0556. The number of unbranched alkanes of at least 4 members (excludes halogenated alkanes) is 6. The van der Waals surface area contributed by atoms with Crippen LogP contribution in [-0.4, -0.2) is 37.3 Å². The summed E-state index contributed by atoms with van der Waals surface area (Å²) < 4.78 is 22.9. The van der Waals surface area contributed by atoms with E-state index in [1.165, 1.54) is 12.1 Å². The first kappa shape index (κ1) is 38.1. The highest BCUT2D eigenvalue weighted by Gasteiger charge is 2.09. The fourth-order valence-corrected chi connectivity index (χ4v) is 5.62. The van der Waals surface area contributed by atoms with Gasteiger partial charge >= 0.3 is 5.97 Å². The van der Waals surface area contributed by atoms with Gasteiger partial charge < -0.3 is 18.9 Å². The van der Waals surface area contributed by atoms with Gasteiger partial charge in [0.05, 0.1) is 48.5 Å². The zero-order valence-electron chi connectivity index (χ0n) is 29.8. The Bertz CT molecular complexity index is 1900. The summed E-state index contributed by atoms with van der Waals surface area (Å²) in [6.07, 6.45) is 7.54. The second-order valence-corrected chi connectivity index (χ2v) is 12.6. The predicted octanol–water partition coefficient (Wildman–Crippen LogP) is 10.6. The van der Waals surface area contributed by atoms with Crippen LogP contribution in [0.3, 0.4) is 0 Å². The summed E-state index contributed by atoms with van der Waals surface area (Å²) in [7, 11) is 0. The van der Waals surface area contributed by atoms with E-state index >= 15 is 0 Å². The van der Waals surface area contributed by atoms with E-state index < -0.39 is 4.92 Å². The number of carbonyl (C=O) groups excluding carboxylic acids is 1. The van der Waals surface area contributed by atoms with Crippen LogP contribution in [0.2, 0.25) is 0 Å². The molecule has 0 atom stereocenters. The molecule has 0 unspecified atom stereocenters. The Balaban J connectivity index is 0.887. The Morgan fingerprint density at radius 1 is 0.509 bits per heavy atom. The highest BCUT2D eigenvalue weighted by atomic mass is 16.6. The summed E-state index contributed by atoms with van der Waals surface area (Å²) >= 11 is 0. The van der Waals surface area contributed by atoms with Crippen LogP contribution in [0.4, 0.5) is 5.69 Å². The largest absolute Gasteiger partial charge is 0.494 e. The number of ether oxygens (including phenoxy) is 4. The Hall–Kier alpha value is -6.14. The van der Waals surface area contributed by atoms with E-state index in [4.69, 9.17) is 24.2 Å². The molecule has 0 spiro atoms. The Morgan fingerprint density at radius 2 is 0.868 bits per heavy atom. The fraction of sp³-hybridized carbons (Fsp3) is 0.273. The predicted molar refractivity (Wildman–Crippen MR) is 205 cm³/mol. The lowest BCUT2D eigenvalue weighted by molar-refractivity contribution is -0.384. The molecule has 272 valence electrons. The van der Waals surface area contributed by atoms with Crippen LogP contribution in [0, 0.1) is 21.4 Å². The van der Waals surface area contributed by atoms with Crippen molar-refractivity contribution < 1.29 is 28.7 Å². The van der Waals surface area contributed by atoms with Crippen molar-refractivity contribution in [1.82, 2.24) is 0 Å². The van der Waals surface area contributed by atoms with Gasteiger partial charge in [0.2, 0.25) is 0 Å². The molecule has 0 saturated carbocycles. The number of nitrogens with zero attached hydrogens (tertiary/aromatic N) is 2. The zero-order valence-corrected chi connectivity index (χ0v) is 29.8. The van der Waals surface area contributed by atoms with E-state index in [1.807, 2.05) is 84.9 Å². The number of rotatable bonds is 21. The average molecular weight is 713 g/mol. The summed E-state index contributed by atoms with van der Waals surface area (Å²) in [5, 5.41) is 19.7. The second kappa shape index (κ2) is 20.6. The zero-order chi connectivity index (χ0) is 37.1. The molecule has 0 radical (unpaired) electrons. The molecule has 0 fully saturated rings. The molecule has 0 N–H and O–H groups in total. The summed E-state index contributed by atoms with van der Waals surface area (Å²) in [6, 6.07) is 39.2. The van der Waals surface area contributed by atoms with E-state index in [-0.39, 0.29) is 11.7 Å². The number of nitro groups is 1. The lowest BCUT2D eigenvalue weighted by atomic mass is 10.0. The van der Waals surface area contributed by atoms with Crippen LogP contribution in [0.5, 0.6) is 17.2 Å². The molecule has 0 bridgehead atoms. The molecule has 53 heavy (non-hydrogen) atoms. The molecule has 5 aromatic rings. The number of nitro benzene ring substituents is 1. The molecule has 9 nitrogen and oxygen atoms in total.